The minimum absolute atomic E-state index is 0.158. The molecule has 1 atom stereocenters. The highest BCUT2D eigenvalue weighted by atomic mass is 16.5. The van der Waals surface area contributed by atoms with Crippen LogP contribution in [0.4, 0.5) is 5.82 Å². The lowest BCUT2D eigenvalue weighted by atomic mass is 10.3. The van der Waals surface area contributed by atoms with Crippen LogP contribution in [0.5, 0.6) is 0 Å². The van der Waals surface area contributed by atoms with Gasteiger partial charge in [0.05, 0.1) is 19.3 Å². The standard InChI is InChI=1S/C11H16N2O2/c1-14-9-10-8-13(6-7-15-10)11-4-2-3-5-12-11/h2-5,10H,6-9H2,1H3/t10-/m1/s1. The van der Waals surface area contributed by atoms with E-state index in [0.717, 1.165) is 25.5 Å². The van der Waals surface area contributed by atoms with Gasteiger partial charge in [0.15, 0.2) is 0 Å². The normalized spacial score (nSPS) is 21.7. The Morgan fingerprint density at radius 3 is 3.27 bits per heavy atom. The van der Waals surface area contributed by atoms with Crippen LogP contribution in [0.2, 0.25) is 0 Å². The molecule has 1 saturated heterocycles. The number of ether oxygens (including phenoxy) is 2. The van der Waals surface area contributed by atoms with Gasteiger partial charge < -0.3 is 14.4 Å². The number of hydrogen-bond donors (Lipinski definition) is 0. The van der Waals surface area contributed by atoms with E-state index in [9.17, 15) is 0 Å². The van der Waals surface area contributed by atoms with Crippen LogP contribution in [-0.2, 0) is 9.47 Å². The molecule has 4 nitrogen and oxygen atoms in total. The van der Waals surface area contributed by atoms with E-state index in [2.05, 4.69) is 9.88 Å². The third-order valence-corrected chi connectivity index (χ3v) is 2.46. The van der Waals surface area contributed by atoms with Gasteiger partial charge in [-0.1, -0.05) is 6.07 Å². The molecule has 1 aliphatic rings. The number of rotatable bonds is 3. The van der Waals surface area contributed by atoms with Crippen molar-refractivity contribution in [2.45, 2.75) is 6.10 Å². The van der Waals surface area contributed by atoms with E-state index < -0.39 is 0 Å². The van der Waals surface area contributed by atoms with E-state index in [1.165, 1.54) is 0 Å². The van der Waals surface area contributed by atoms with Crippen molar-refractivity contribution in [1.82, 2.24) is 4.98 Å². The molecule has 1 fully saturated rings. The van der Waals surface area contributed by atoms with E-state index >= 15 is 0 Å². The summed E-state index contributed by atoms with van der Waals surface area (Å²) < 4.78 is 10.7. The van der Waals surface area contributed by atoms with Crippen molar-refractivity contribution >= 4 is 5.82 Å². The molecular formula is C11H16N2O2. The molecule has 0 unspecified atom stereocenters. The molecule has 15 heavy (non-hydrogen) atoms. The second kappa shape index (κ2) is 5.09. The van der Waals surface area contributed by atoms with Gasteiger partial charge in [0.1, 0.15) is 5.82 Å². The summed E-state index contributed by atoms with van der Waals surface area (Å²) in [6, 6.07) is 5.95. The van der Waals surface area contributed by atoms with Crippen molar-refractivity contribution in [3.05, 3.63) is 24.4 Å². The van der Waals surface area contributed by atoms with Crippen LogP contribution >= 0.6 is 0 Å². The van der Waals surface area contributed by atoms with Crippen molar-refractivity contribution in [3.63, 3.8) is 0 Å². The molecule has 2 rings (SSSR count). The molecule has 0 bridgehead atoms. The van der Waals surface area contributed by atoms with E-state index in [0.29, 0.717) is 6.61 Å². The van der Waals surface area contributed by atoms with Gasteiger partial charge in [-0.3, -0.25) is 0 Å². The fourth-order valence-electron chi connectivity index (χ4n) is 1.75. The largest absolute Gasteiger partial charge is 0.382 e. The van der Waals surface area contributed by atoms with Crippen LogP contribution in [0, 0.1) is 0 Å². The van der Waals surface area contributed by atoms with Gasteiger partial charge in [0.25, 0.3) is 0 Å². The smallest absolute Gasteiger partial charge is 0.128 e. The summed E-state index contributed by atoms with van der Waals surface area (Å²) in [4.78, 5) is 6.56. The SMILES string of the molecule is COC[C@H]1CN(c2ccccn2)CCO1. The number of anilines is 1. The number of methoxy groups -OCH3 is 1. The number of nitrogens with zero attached hydrogens (tertiary/aromatic N) is 2. The molecule has 0 amide bonds. The first kappa shape index (κ1) is 10.4. The summed E-state index contributed by atoms with van der Waals surface area (Å²) in [5.41, 5.74) is 0. The molecule has 82 valence electrons. The summed E-state index contributed by atoms with van der Waals surface area (Å²) in [7, 11) is 1.70. The predicted octanol–water partition coefficient (Wildman–Crippen LogP) is 0.933. The Morgan fingerprint density at radius 2 is 2.53 bits per heavy atom. The van der Waals surface area contributed by atoms with E-state index in [1.807, 2.05) is 24.4 Å². The van der Waals surface area contributed by atoms with Crippen LogP contribution in [0.25, 0.3) is 0 Å². The highest BCUT2D eigenvalue weighted by molar-refractivity contribution is 5.38. The Balaban J connectivity index is 1.98. The molecule has 0 radical (unpaired) electrons. The van der Waals surface area contributed by atoms with Gasteiger partial charge in [-0.25, -0.2) is 4.98 Å². The third-order valence-electron chi connectivity index (χ3n) is 2.46. The topological polar surface area (TPSA) is 34.6 Å². The Bertz CT molecular complexity index is 290. The zero-order valence-corrected chi connectivity index (χ0v) is 8.93. The van der Waals surface area contributed by atoms with Crippen LogP contribution in [0.1, 0.15) is 0 Å². The lowest BCUT2D eigenvalue weighted by molar-refractivity contribution is -0.0102. The van der Waals surface area contributed by atoms with Crippen molar-refractivity contribution in [2.75, 3.05) is 38.3 Å². The summed E-state index contributed by atoms with van der Waals surface area (Å²) in [5, 5.41) is 0. The molecule has 0 saturated carbocycles. The van der Waals surface area contributed by atoms with E-state index in [1.54, 1.807) is 7.11 Å². The monoisotopic (exact) mass is 208 g/mol. The first-order valence-corrected chi connectivity index (χ1v) is 5.16. The van der Waals surface area contributed by atoms with Gasteiger partial charge in [-0.05, 0) is 12.1 Å². The van der Waals surface area contributed by atoms with Crippen molar-refractivity contribution in [3.8, 4) is 0 Å². The highest BCUT2D eigenvalue weighted by Gasteiger charge is 2.20. The summed E-state index contributed by atoms with van der Waals surface area (Å²) >= 11 is 0. The summed E-state index contributed by atoms with van der Waals surface area (Å²) in [6.07, 6.45) is 1.97. The quantitative estimate of drug-likeness (QED) is 0.740. The van der Waals surface area contributed by atoms with Crippen LogP contribution in [0.15, 0.2) is 24.4 Å². The molecule has 1 aromatic rings. The molecule has 0 aliphatic carbocycles. The second-order valence-corrected chi connectivity index (χ2v) is 3.58. The average molecular weight is 208 g/mol. The zero-order chi connectivity index (χ0) is 10.5. The number of morpholine rings is 1. The molecule has 1 aliphatic heterocycles. The second-order valence-electron chi connectivity index (χ2n) is 3.58. The van der Waals surface area contributed by atoms with Gasteiger partial charge in [-0.2, -0.15) is 0 Å². The average Bonchev–Trinajstić information content (AvgIpc) is 2.31. The molecule has 0 spiro atoms. The Hall–Kier alpha value is -1.13. The maximum atomic E-state index is 5.58. The van der Waals surface area contributed by atoms with Gasteiger partial charge in [0.2, 0.25) is 0 Å². The maximum absolute atomic E-state index is 5.58. The Morgan fingerprint density at radius 1 is 1.60 bits per heavy atom. The van der Waals surface area contributed by atoms with Crippen molar-refractivity contribution in [2.24, 2.45) is 0 Å². The molecule has 4 heteroatoms. The number of aromatic nitrogens is 1. The highest BCUT2D eigenvalue weighted by Crippen LogP contribution is 2.14. The predicted molar refractivity (Wildman–Crippen MR) is 58.1 cm³/mol. The Labute approximate surface area is 89.8 Å². The van der Waals surface area contributed by atoms with Crippen LogP contribution in [0.3, 0.4) is 0 Å². The molecule has 1 aromatic heterocycles. The van der Waals surface area contributed by atoms with Gasteiger partial charge in [-0.15, -0.1) is 0 Å². The van der Waals surface area contributed by atoms with Gasteiger partial charge in [0, 0.05) is 26.4 Å². The number of pyridine rings is 1. The van der Waals surface area contributed by atoms with Crippen LogP contribution < -0.4 is 4.90 Å². The van der Waals surface area contributed by atoms with Crippen LogP contribution in [-0.4, -0.2) is 44.5 Å². The minimum Gasteiger partial charge on any atom is -0.382 e. The maximum Gasteiger partial charge on any atom is 0.128 e. The number of hydrogen-bond acceptors (Lipinski definition) is 4. The zero-order valence-electron chi connectivity index (χ0n) is 8.93. The van der Waals surface area contributed by atoms with Crippen molar-refractivity contribution in [1.29, 1.82) is 0 Å². The van der Waals surface area contributed by atoms with Gasteiger partial charge >= 0.3 is 0 Å². The lowest BCUT2D eigenvalue weighted by Gasteiger charge is -2.33. The summed E-state index contributed by atoms with van der Waals surface area (Å²) in [6.45, 7) is 3.13. The minimum atomic E-state index is 0.158. The fraction of sp³-hybridized carbons (Fsp3) is 0.545. The van der Waals surface area contributed by atoms with Crippen molar-refractivity contribution < 1.29 is 9.47 Å². The molecular weight excluding hydrogens is 192 g/mol. The summed E-state index contributed by atoms with van der Waals surface area (Å²) in [5.74, 6) is 1.02. The molecule has 2 heterocycles. The Kier molecular flexibility index (Phi) is 3.53. The lowest BCUT2D eigenvalue weighted by Crippen LogP contribution is -2.44. The van der Waals surface area contributed by atoms with E-state index in [-0.39, 0.29) is 6.10 Å². The van der Waals surface area contributed by atoms with E-state index in [4.69, 9.17) is 9.47 Å². The molecule has 0 aromatic carbocycles. The fourth-order valence-corrected chi connectivity index (χ4v) is 1.75. The molecule has 0 N–H and O–H groups in total. The first-order valence-electron chi connectivity index (χ1n) is 5.16. The first-order chi connectivity index (χ1) is 7.40. The third kappa shape index (κ3) is 2.67.